The van der Waals surface area contributed by atoms with Crippen LogP contribution in [0.4, 0.5) is 5.13 Å². The Morgan fingerprint density at radius 1 is 1.38 bits per heavy atom. The number of carbonyl (C=O) groups is 1. The van der Waals surface area contributed by atoms with E-state index in [1.54, 1.807) is 30.6 Å². The van der Waals surface area contributed by atoms with Crippen LogP contribution in [-0.4, -0.2) is 15.9 Å². The molecular formula is C18H14N4OS. The Morgan fingerprint density at radius 3 is 3.04 bits per heavy atom. The lowest BCUT2D eigenvalue weighted by atomic mass is 10.1. The molecule has 1 amide bonds. The van der Waals surface area contributed by atoms with E-state index >= 15 is 0 Å². The van der Waals surface area contributed by atoms with Crippen LogP contribution in [0.1, 0.15) is 28.4 Å². The average molecular weight is 334 g/mol. The summed E-state index contributed by atoms with van der Waals surface area (Å²) in [6, 6.07) is 11.0. The van der Waals surface area contributed by atoms with Crippen LogP contribution in [0.3, 0.4) is 0 Å². The molecule has 0 bridgehead atoms. The molecule has 0 aliphatic carbocycles. The summed E-state index contributed by atoms with van der Waals surface area (Å²) in [5.74, 6) is -0.194. The highest BCUT2D eigenvalue weighted by Gasteiger charge is 2.13. The van der Waals surface area contributed by atoms with E-state index in [4.69, 9.17) is 5.26 Å². The van der Waals surface area contributed by atoms with Crippen molar-refractivity contribution in [2.75, 3.05) is 5.32 Å². The van der Waals surface area contributed by atoms with Gasteiger partial charge in [0.05, 0.1) is 17.3 Å². The van der Waals surface area contributed by atoms with E-state index in [1.165, 1.54) is 11.3 Å². The van der Waals surface area contributed by atoms with Gasteiger partial charge in [-0.05, 0) is 30.2 Å². The number of nitriles is 1. The van der Waals surface area contributed by atoms with Crippen LogP contribution >= 0.6 is 11.3 Å². The van der Waals surface area contributed by atoms with Crippen molar-refractivity contribution in [1.29, 1.82) is 5.26 Å². The zero-order chi connectivity index (χ0) is 16.9. The number of amides is 1. The van der Waals surface area contributed by atoms with Gasteiger partial charge in [0.1, 0.15) is 0 Å². The first-order chi connectivity index (χ1) is 11.7. The number of hydrogen-bond acceptors (Lipinski definition) is 5. The van der Waals surface area contributed by atoms with E-state index < -0.39 is 0 Å². The van der Waals surface area contributed by atoms with Crippen LogP contribution in [-0.2, 0) is 6.42 Å². The van der Waals surface area contributed by atoms with Crippen molar-refractivity contribution in [1.82, 2.24) is 9.97 Å². The fraction of sp³-hybridized carbons (Fsp3) is 0.111. The van der Waals surface area contributed by atoms with Crippen LogP contribution in [0, 0.1) is 11.3 Å². The molecule has 0 saturated heterocycles. The Bertz CT molecular complexity index is 927. The van der Waals surface area contributed by atoms with Crippen molar-refractivity contribution in [3.05, 3.63) is 64.8 Å². The Morgan fingerprint density at radius 2 is 2.25 bits per heavy atom. The molecule has 0 radical (unpaired) electrons. The van der Waals surface area contributed by atoms with Gasteiger partial charge in [-0.2, -0.15) is 5.26 Å². The Balaban J connectivity index is 1.81. The molecule has 3 aromatic rings. The quantitative estimate of drug-likeness (QED) is 0.785. The van der Waals surface area contributed by atoms with E-state index in [-0.39, 0.29) is 5.91 Å². The lowest BCUT2D eigenvalue weighted by Crippen LogP contribution is -2.14. The van der Waals surface area contributed by atoms with Gasteiger partial charge in [0, 0.05) is 28.9 Å². The molecule has 0 fully saturated rings. The van der Waals surface area contributed by atoms with E-state index in [2.05, 4.69) is 21.4 Å². The largest absolute Gasteiger partial charge is 0.298 e. The van der Waals surface area contributed by atoms with Gasteiger partial charge in [-0.15, -0.1) is 11.3 Å². The smallest absolute Gasteiger partial charge is 0.257 e. The van der Waals surface area contributed by atoms with Crippen molar-refractivity contribution < 1.29 is 4.79 Å². The van der Waals surface area contributed by atoms with Gasteiger partial charge in [-0.25, -0.2) is 4.98 Å². The topological polar surface area (TPSA) is 78.7 Å². The summed E-state index contributed by atoms with van der Waals surface area (Å²) in [5, 5.41) is 14.2. The number of rotatable bonds is 4. The highest BCUT2D eigenvalue weighted by Crippen LogP contribution is 2.26. The maximum Gasteiger partial charge on any atom is 0.257 e. The summed E-state index contributed by atoms with van der Waals surface area (Å²) < 4.78 is 0. The first-order valence-corrected chi connectivity index (χ1v) is 8.29. The molecule has 2 aromatic heterocycles. The van der Waals surface area contributed by atoms with Crippen LogP contribution in [0.5, 0.6) is 0 Å². The molecule has 1 N–H and O–H groups in total. The molecule has 0 aliphatic heterocycles. The molecule has 0 spiro atoms. The standard InChI is InChI=1S/C18H14N4OS/c1-2-13-10-20-7-6-15(13)17(23)22-18-21-16(11-24-18)14-5-3-4-12(8-14)9-19/h3-8,10-11H,2H2,1H3,(H,21,22,23). The number of pyridine rings is 1. The number of thiazole rings is 1. The molecule has 5 nitrogen and oxygen atoms in total. The van der Waals surface area contributed by atoms with Crippen molar-refractivity contribution >= 4 is 22.4 Å². The Kier molecular flexibility index (Phi) is 4.64. The molecule has 3 rings (SSSR count). The van der Waals surface area contributed by atoms with Gasteiger partial charge >= 0.3 is 0 Å². The lowest BCUT2D eigenvalue weighted by molar-refractivity contribution is 0.102. The summed E-state index contributed by atoms with van der Waals surface area (Å²) in [6.45, 7) is 1.98. The van der Waals surface area contributed by atoms with Crippen molar-refractivity contribution in [3.8, 4) is 17.3 Å². The van der Waals surface area contributed by atoms with Gasteiger partial charge in [0.25, 0.3) is 5.91 Å². The first-order valence-electron chi connectivity index (χ1n) is 7.41. The minimum atomic E-state index is -0.194. The fourth-order valence-corrected chi connectivity index (χ4v) is 3.02. The minimum Gasteiger partial charge on any atom is -0.298 e. The minimum absolute atomic E-state index is 0.194. The van der Waals surface area contributed by atoms with Crippen molar-refractivity contribution in [2.24, 2.45) is 0 Å². The maximum atomic E-state index is 12.4. The molecule has 0 saturated carbocycles. The predicted molar refractivity (Wildman–Crippen MR) is 93.8 cm³/mol. The summed E-state index contributed by atoms with van der Waals surface area (Å²) >= 11 is 1.35. The van der Waals surface area contributed by atoms with Crippen LogP contribution < -0.4 is 5.32 Å². The number of carbonyl (C=O) groups excluding carboxylic acids is 1. The highest BCUT2D eigenvalue weighted by atomic mass is 32.1. The second-order valence-electron chi connectivity index (χ2n) is 5.07. The van der Waals surface area contributed by atoms with E-state index in [0.29, 0.717) is 16.3 Å². The van der Waals surface area contributed by atoms with Crippen molar-refractivity contribution in [3.63, 3.8) is 0 Å². The number of hydrogen-bond donors (Lipinski definition) is 1. The summed E-state index contributed by atoms with van der Waals surface area (Å²) in [6.07, 6.45) is 4.05. The fourth-order valence-electron chi connectivity index (χ4n) is 2.31. The van der Waals surface area contributed by atoms with Crippen LogP contribution in [0.25, 0.3) is 11.3 Å². The molecule has 24 heavy (non-hydrogen) atoms. The van der Waals surface area contributed by atoms with Gasteiger partial charge in [0.15, 0.2) is 5.13 Å². The van der Waals surface area contributed by atoms with Crippen molar-refractivity contribution in [2.45, 2.75) is 13.3 Å². The van der Waals surface area contributed by atoms with E-state index in [1.807, 2.05) is 24.4 Å². The second-order valence-corrected chi connectivity index (χ2v) is 5.93. The molecular weight excluding hydrogens is 320 g/mol. The van der Waals surface area contributed by atoms with Gasteiger partial charge in [0.2, 0.25) is 0 Å². The number of anilines is 1. The summed E-state index contributed by atoms with van der Waals surface area (Å²) in [4.78, 5) is 20.9. The number of aryl methyl sites for hydroxylation is 1. The molecule has 0 atom stereocenters. The normalized spacial score (nSPS) is 10.2. The zero-order valence-electron chi connectivity index (χ0n) is 13.0. The second kappa shape index (κ2) is 7.02. The van der Waals surface area contributed by atoms with E-state index in [0.717, 1.165) is 23.2 Å². The molecule has 1 aromatic carbocycles. The number of nitrogens with one attached hydrogen (secondary N) is 1. The number of nitrogens with zero attached hydrogens (tertiary/aromatic N) is 3. The summed E-state index contributed by atoms with van der Waals surface area (Å²) in [5.41, 5.74) is 3.67. The van der Waals surface area contributed by atoms with Gasteiger partial charge in [-0.1, -0.05) is 19.1 Å². The maximum absolute atomic E-state index is 12.4. The molecule has 0 aliphatic rings. The molecule has 0 unspecified atom stereocenters. The molecule has 2 heterocycles. The zero-order valence-corrected chi connectivity index (χ0v) is 13.8. The SMILES string of the molecule is CCc1cnccc1C(=O)Nc1nc(-c2cccc(C#N)c2)cs1. The third-order valence-electron chi connectivity index (χ3n) is 3.54. The van der Waals surface area contributed by atoms with Crippen LogP contribution in [0.15, 0.2) is 48.1 Å². The highest BCUT2D eigenvalue weighted by molar-refractivity contribution is 7.14. The first kappa shape index (κ1) is 15.8. The monoisotopic (exact) mass is 334 g/mol. The molecule has 6 heteroatoms. The number of benzene rings is 1. The molecule has 118 valence electrons. The lowest BCUT2D eigenvalue weighted by Gasteiger charge is -2.06. The van der Waals surface area contributed by atoms with Gasteiger partial charge < -0.3 is 0 Å². The Hall–Kier alpha value is -3.04. The van der Waals surface area contributed by atoms with Gasteiger partial charge in [-0.3, -0.25) is 15.1 Å². The number of aromatic nitrogens is 2. The Labute approximate surface area is 143 Å². The van der Waals surface area contributed by atoms with Crippen LogP contribution in [0.2, 0.25) is 0 Å². The average Bonchev–Trinajstić information content (AvgIpc) is 3.10. The third kappa shape index (κ3) is 3.31. The third-order valence-corrected chi connectivity index (χ3v) is 4.30. The van der Waals surface area contributed by atoms with E-state index in [9.17, 15) is 4.79 Å². The summed E-state index contributed by atoms with van der Waals surface area (Å²) in [7, 11) is 0. The predicted octanol–water partition coefficient (Wildman–Crippen LogP) is 3.89.